The van der Waals surface area contributed by atoms with Crippen LogP contribution in [0.2, 0.25) is 5.02 Å². The molecule has 1 N–H and O–H groups in total. The van der Waals surface area contributed by atoms with Crippen molar-refractivity contribution in [3.63, 3.8) is 0 Å². The van der Waals surface area contributed by atoms with Gasteiger partial charge >= 0.3 is 0 Å². The Morgan fingerprint density at radius 1 is 1.15 bits per heavy atom. The molecule has 0 aliphatic heterocycles. The standard InChI is InChI=1S/C15H13ClF2O2/c1-20-14-7-2-4-10(16)15(14)13(19)8-9-11(17)5-3-6-12(9)18/h2-7,13,19H,8H2,1H3. The SMILES string of the molecule is COc1cccc(Cl)c1C(O)Cc1c(F)cccc1F. The number of ether oxygens (including phenoxy) is 1. The lowest BCUT2D eigenvalue weighted by molar-refractivity contribution is 0.171. The first-order valence-corrected chi connectivity index (χ1v) is 6.35. The van der Waals surface area contributed by atoms with Crippen LogP contribution in [0.25, 0.3) is 0 Å². The first kappa shape index (κ1) is 14.8. The van der Waals surface area contributed by atoms with Crippen LogP contribution in [0.5, 0.6) is 5.75 Å². The number of methoxy groups -OCH3 is 1. The van der Waals surface area contributed by atoms with Crippen molar-refractivity contribution in [3.05, 3.63) is 64.2 Å². The van der Waals surface area contributed by atoms with E-state index >= 15 is 0 Å². The number of hydrogen-bond acceptors (Lipinski definition) is 2. The molecule has 20 heavy (non-hydrogen) atoms. The van der Waals surface area contributed by atoms with Gasteiger partial charge in [-0.25, -0.2) is 8.78 Å². The topological polar surface area (TPSA) is 29.5 Å². The third-order valence-corrected chi connectivity index (χ3v) is 3.35. The molecule has 0 aliphatic rings. The van der Waals surface area contributed by atoms with Gasteiger partial charge in [-0.05, 0) is 24.3 Å². The average molecular weight is 299 g/mol. The van der Waals surface area contributed by atoms with Crippen molar-refractivity contribution in [3.8, 4) is 5.75 Å². The number of rotatable bonds is 4. The second kappa shape index (κ2) is 6.20. The van der Waals surface area contributed by atoms with Crippen LogP contribution in [0.4, 0.5) is 8.78 Å². The van der Waals surface area contributed by atoms with E-state index in [2.05, 4.69) is 0 Å². The molecule has 0 bridgehead atoms. The molecule has 0 saturated carbocycles. The summed E-state index contributed by atoms with van der Waals surface area (Å²) in [6.07, 6.45) is -1.39. The van der Waals surface area contributed by atoms with Crippen LogP contribution in [0.1, 0.15) is 17.2 Å². The highest BCUT2D eigenvalue weighted by Crippen LogP contribution is 2.34. The fraction of sp³-hybridized carbons (Fsp3) is 0.200. The van der Waals surface area contributed by atoms with Gasteiger partial charge in [-0.1, -0.05) is 23.7 Å². The van der Waals surface area contributed by atoms with Gasteiger partial charge in [0.05, 0.1) is 18.2 Å². The molecule has 106 valence electrons. The van der Waals surface area contributed by atoms with Gasteiger partial charge in [0.1, 0.15) is 17.4 Å². The summed E-state index contributed by atoms with van der Waals surface area (Å²) >= 11 is 6.02. The fourth-order valence-corrected chi connectivity index (χ4v) is 2.33. The van der Waals surface area contributed by atoms with Crippen LogP contribution in [0.15, 0.2) is 36.4 Å². The second-order valence-corrected chi connectivity index (χ2v) is 4.68. The van der Waals surface area contributed by atoms with Crippen LogP contribution in [-0.4, -0.2) is 12.2 Å². The summed E-state index contributed by atoms with van der Waals surface area (Å²) in [6, 6.07) is 8.45. The molecule has 0 spiro atoms. The molecule has 0 aliphatic carbocycles. The zero-order chi connectivity index (χ0) is 14.7. The molecule has 2 rings (SSSR count). The Labute approximate surface area is 120 Å². The van der Waals surface area contributed by atoms with Crippen LogP contribution >= 0.6 is 11.6 Å². The Bertz CT molecular complexity index is 597. The molecule has 1 unspecified atom stereocenters. The predicted octanol–water partition coefficient (Wildman–Crippen LogP) is 3.90. The fourth-order valence-electron chi connectivity index (χ4n) is 2.04. The van der Waals surface area contributed by atoms with Gasteiger partial charge in [0.25, 0.3) is 0 Å². The number of hydrogen-bond donors (Lipinski definition) is 1. The van der Waals surface area contributed by atoms with E-state index in [9.17, 15) is 13.9 Å². The summed E-state index contributed by atoms with van der Waals surface area (Å²) in [5.74, 6) is -1.02. The zero-order valence-electron chi connectivity index (χ0n) is 10.7. The number of aliphatic hydroxyl groups is 1. The minimum absolute atomic E-state index is 0.179. The van der Waals surface area contributed by atoms with E-state index in [0.717, 1.165) is 12.1 Å². The van der Waals surface area contributed by atoms with Crippen molar-refractivity contribution in [2.24, 2.45) is 0 Å². The molecular formula is C15H13ClF2O2. The highest BCUT2D eigenvalue weighted by Gasteiger charge is 2.20. The minimum atomic E-state index is -1.16. The Balaban J connectivity index is 2.36. The van der Waals surface area contributed by atoms with Crippen molar-refractivity contribution in [2.45, 2.75) is 12.5 Å². The van der Waals surface area contributed by atoms with Crippen molar-refractivity contribution in [1.82, 2.24) is 0 Å². The lowest BCUT2D eigenvalue weighted by Gasteiger charge is -2.17. The van der Waals surface area contributed by atoms with E-state index in [4.69, 9.17) is 16.3 Å². The maximum atomic E-state index is 13.6. The molecule has 0 saturated heterocycles. The summed E-state index contributed by atoms with van der Waals surface area (Å²) in [4.78, 5) is 0. The largest absolute Gasteiger partial charge is 0.496 e. The summed E-state index contributed by atoms with van der Waals surface area (Å²) in [6.45, 7) is 0. The van der Waals surface area contributed by atoms with Crippen molar-refractivity contribution in [2.75, 3.05) is 7.11 Å². The van der Waals surface area contributed by atoms with Gasteiger partial charge in [-0.3, -0.25) is 0 Å². The van der Waals surface area contributed by atoms with E-state index in [1.807, 2.05) is 0 Å². The maximum absolute atomic E-state index is 13.6. The lowest BCUT2D eigenvalue weighted by atomic mass is 9.99. The molecule has 0 aromatic heterocycles. The summed E-state index contributed by atoms with van der Waals surface area (Å²) in [5.41, 5.74) is 0.140. The molecule has 2 aromatic carbocycles. The average Bonchev–Trinajstić information content (AvgIpc) is 2.42. The Hall–Kier alpha value is -1.65. The highest BCUT2D eigenvalue weighted by molar-refractivity contribution is 6.31. The van der Waals surface area contributed by atoms with E-state index in [-0.39, 0.29) is 17.0 Å². The van der Waals surface area contributed by atoms with Gasteiger partial charge in [0.15, 0.2) is 0 Å². The quantitative estimate of drug-likeness (QED) is 0.927. The third kappa shape index (κ3) is 2.92. The third-order valence-electron chi connectivity index (χ3n) is 3.03. The monoisotopic (exact) mass is 298 g/mol. The van der Waals surface area contributed by atoms with Crippen molar-refractivity contribution >= 4 is 11.6 Å². The number of benzene rings is 2. The van der Waals surface area contributed by atoms with Gasteiger partial charge in [-0.15, -0.1) is 0 Å². The first-order valence-electron chi connectivity index (χ1n) is 5.98. The summed E-state index contributed by atoms with van der Waals surface area (Å²) in [7, 11) is 1.44. The molecule has 2 nitrogen and oxygen atoms in total. The molecule has 5 heteroatoms. The molecule has 0 radical (unpaired) electrons. The highest BCUT2D eigenvalue weighted by atomic mass is 35.5. The molecule has 0 amide bonds. The van der Waals surface area contributed by atoms with Gasteiger partial charge in [0, 0.05) is 17.5 Å². The molecule has 0 fully saturated rings. The minimum Gasteiger partial charge on any atom is -0.496 e. The van der Waals surface area contributed by atoms with Gasteiger partial charge in [-0.2, -0.15) is 0 Å². The van der Waals surface area contributed by atoms with E-state index in [1.54, 1.807) is 18.2 Å². The number of halogens is 3. The van der Waals surface area contributed by atoms with Crippen molar-refractivity contribution in [1.29, 1.82) is 0 Å². The maximum Gasteiger partial charge on any atom is 0.129 e. The Kier molecular flexibility index (Phi) is 4.57. The summed E-state index contributed by atoms with van der Waals surface area (Å²) in [5, 5.41) is 10.5. The Morgan fingerprint density at radius 3 is 2.35 bits per heavy atom. The summed E-state index contributed by atoms with van der Waals surface area (Å²) < 4.78 is 32.3. The normalized spacial score (nSPS) is 12.2. The van der Waals surface area contributed by atoms with Crippen LogP contribution < -0.4 is 4.74 Å². The second-order valence-electron chi connectivity index (χ2n) is 4.28. The van der Waals surface area contributed by atoms with Gasteiger partial charge in [0.2, 0.25) is 0 Å². The smallest absolute Gasteiger partial charge is 0.129 e. The van der Waals surface area contributed by atoms with E-state index < -0.39 is 17.7 Å². The van der Waals surface area contributed by atoms with E-state index in [1.165, 1.54) is 13.2 Å². The lowest BCUT2D eigenvalue weighted by Crippen LogP contribution is -2.08. The Morgan fingerprint density at radius 2 is 1.75 bits per heavy atom. The molecular weight excluding hydrogens is 286 g/mol. The zero-order valence-corrected chi connectivity index (χ0v) is 11.5. The van der Waals surface area contributed by atoms with Crippen LogP contribution in [0, 0.1) is 11.6 Å². The molecule has 1 atom stereocenters. The van der Waals surface area contributed by atoms with E-state index in [0.29, 0.717) is 11.3 Å². The molecule has 2 aromatic rings. The first-order chi connectivity index (χ1) is 9.54. The van der Waals surface area contributed by atoms with Crippen molar-refractivity contribution < 1.29 is 18.6 Å². The van der Waals surface area contributed by atoms with Crippen LogP contribution in [0.3, 0.4) is 0 Å². The molecule has 0 heterocycles. The van der Waals surface area contributed by atoms with Crippen LogP contribution in [-0.2, 0) is 6.42 Å². The number of aliphatic hydroxyl groups excluding tert-OH is 1. The predicted molar refractivity (Wildman–Crippen MR) is 73.0 cm³/mol. The van der Waals surface area contributed by atoms with Gasteiger partial charge < -0.3 is 9.84 Å².